The van der Waals surface area contributed by atoms with E-state index in [1.807, 2.05) is 30.4 Å². The van der Waals surface area contributed by atoms with Gasteiger partial charge in [-0.05, 0) is 38.5 Å². The van der Waals surface area contributed by atoms with Crippen LogP contribution in [0.2, 0.25) is 0 Å². The molecule has 0 rings (SSSR count). The minimum absolute atomic E-state index is 0.0810. The Bertz CT molecular complexity index is 1010. The number of esters is 3. The fourth-order valence-electron chi connectivity index (χ4n) is 6.00. The highest BCUT2D eigenvalue weighted by Gasteiger charge is 2.19. The lowest BCUT2D eigenvalue weighted by atomic mass is 10.1. The molecule has 1 atom stereocenters. The zero-order chi connectivity index (χ0) is 39.4. The molecule has 0 aromatic carbocycles. The molecule has 1 unspecified atom stereocenters. The summed E-state index contributed by atoms with van der Waals surface area (Å²) in [5, 5.41) is 0. The quantitative estimate of drug-likeness (QED) is 0.0269. The summed E-state index contributed by atoms with van der Waals surface area (Å²) in [7, 11) is 0. The van der Waals surface area contributed by atoms with Gasteiger partial charge >= 0.3 is 17.9 Å². The van der Waals surface area contributed by atoms with Crippen LogP contribution in [0.3, 0.4) is 0 Å². The van der Waals surface area contributed by atoms with E-state index in [2.05, 4.69) is 51.2 Å². The first kappa shape index (κ1) is 51.1. The highest BCUT2D eigenvalue weighted by molar-refractivity contribution is 5.71. The average molecular weight is 755 g/mol. The number of hydrogen-bond acceptors (Lipinski definition) is 6. The van der Waals surface area contributed by atoms with Crippen molar-refractivity contribution in [1.29, 1.82) is 0 Å². The Labute approximate surface area is 332 Å². The van der Waals surface area contributed by atoms with E-state index in [1.54, 1.807) is 0 Å². The van der Waals surface area contributed by atoms with Gasteiger partial charge < -0.3 is 14.2 Å². The zero-order valence-corrected chi connectivity index (χ0v) is 35.2. The second-order valence-electron chi connectivity index (χ2n) is 14.7. The second-order valence-corrected chi connectivity index (χ2v) is 14.7. The van der Waals surface area contributed by atoms with E-state index in [4.69, 9.17) is 14.2 Å². The number of ether oxygens (including phenoxy) is 3. The largest absolute Gasteiger partial charge is 0.462 e. The molecule has 0 aromatic heterocycles. The lowest BCUT2D eigenvalue weighted by molar-refractivity contribution is -0.167. The maximum Gasteiger partial charge on any atom is 0.306 e. The van der Waals surface area contributed by atoms with Gasteiger partial charge in [0.1, 0.15) is 13.2 Å². The molecule has 0 saturated carbocycles. The van der Waals surface area contributed by atoms with E-state index >= 15 is 0 Å². The Balaban J connectivity index is 4.36. The predicted octanol–water partition coefficient (Wildman–Crippen LogP) is 14.1. The molecule has 310 valence electrons. The van der Waals surface area contributed by atoms with Crippen LogP contribution < -0.4 is 0 Å². The van der Waals surface area contributed by atoms with E-state index in [9.17, 15) is 14.4 Å². The van der Waals surface area contributed by atoms with Crippen molar-refractivity contribution >= 4 is 17.9 Å². The average Bonchev–Trinajstić information content (AvgIpc) is 3.17. The van der Waals surface area contributed by atoms with E-state index in [0.29, 0.717) is 19.3 Å². The van der Waals surface area contributed by atoms with E-state index in [0.717, 1.165) is 83.5 Å². The first-order valence-corrected chi connectivity index (χ1v) is 22.4. The van der Waals surface area contributed by atoms with Crippen molar-refractivity contribution in [3.05, 3.63) is 60.8 Å². The van der Waals surface area contributed by atoms with E-state index in [1.165, 1.54) is 83.5 Å². The normalized spacial score (nSPS) is 12.6. The molecular weight excluding hydrogens is 673 g/mol. The van der Waals surface area contributed by atoms with Crippen LogP contribution in [-0.2, 0) is 28.6 Å². The Morgan fingerprint density at radius 1 is 0.370 bits per heavy atom. The molecule has 0 N–H and O–H groups in total. The maximum atomic E-state index is 12.6. The van der Waals surface area contributed by atoms with Crippen LogP contribution in [0.5, 0.6) is 0 Å². The van der Waals surface area contributed by atoms with Crippen molar-refractivity contribution in [2.75, 3.05) is 13.2 Å². The summed E-state index contributed by atoms with van der Waals surface area (Å²) in [6, 6.07) is 0. The first-order chi connectivity index (χ1) is 26.5. The van der Waals surface area contributed by atoms with Crippen LogP contribution in [0, 0.1) is 0 Å². The molecule has 6 nitrogen and oxygen atoms in total. The summed E-state index contributed by atoms with van der Waals surface area (Å²) < 4.78 is 16.6. The van der Waals surface area contributed by atoms with Gasteiger partial charge in [-0.15, -0.1) is 0 Å². The van der Waals surface area contributed by atoms with Gasteiger partial charge in [-0.25, -0.2) is 0 Å². The minimum atomic E-state index is -0.777. The Hall–Kier alpha value is -2.89. The van der Waals surface area contributed by atoms with Gasteiger partial charge in [-0.2, -0.15) is 0 Å². The van der Waals surface area contributed by atoms with E-state index in [-0.39, 0.29) is 31.1 Å². The van der Waals surface area contributed by atoms with Crippen molar-refractivity contribution in [2.45, 2.75) is 213 Å². The number of rotatable bonds is 39. The van der Waals surface area contributed by atoms with Crippen molar-refractivity contribution in [3.63, 3.8) is 0 Å². The summed E-state index contributed by atoms with van der Waals surface area (Å²) in [6.07, 6.45) is 50.6. The SMILES string of the molecule is CCC\C=C/C=C\C=C/C=C\C=C/CCCCCCCC(=O)OCC(COC(=O)CCCCCCCCCCC)OC(=O)CCCCCCCCCCC. The van der Waals surface area contributed by atoms with Crippen molar-refractivity contribution in [3.8, 4) is 0 Å². The van der Waals surface area contributed by atoms with Crippen molar-refractivity contribution in [1.82, 2.24) is 0 Å². The smallest absolute Gasteiger partial charge is 0.306 e. The van der Waals surface area contributed by atoms with Gasteiger partial charge in [0.05, 0.1) is 0 Å². The third kappa shape index (κ3) is 40.3. The van der Waals surface area contributed by atoms with Gasteiger partial charge in [0.25, 0.3) is 0 Å². The zero-order valence-electron chi connectivity index (χ0n) is 35.2. The molecule has 54 heavy (non-hydrogen) atoms. The fraction of sp³-hybridized carbons (Fsp3) is 0.729. The Morgan fingerprint density at radius 2 is 0.704 bits per heavy atom. The Morgan fingerprint density at radius 3 is 1.11 bits per heavy atom. The van der Waals surface area contributed by atoms with Gasteiger partial charge in [-0.3, -0.25) is 14.4 Å². The fourth-order valence-corrected chi connectivity index (χ4v) is 6.00. The highest BCUT2D eigenvalue weighted by atomic mass is 16.6. The molecule has 0 aromatic rings. The monoisotopic (exact) mass is 755 g/mol. The molecule has 0 heterocycles. The number of unbranched alkanes of at least 4 members (excludes halogenated alkanes) is 22. The summed E-state index contributed by atoms with van der Waals surface area (Å²) in [5.41, 5.74) is 0. The summed E-state index contributed by atoms with van der Waals surface area (Å²) in [5.74, 6) is -0.915. The molecular formula is C48H82O6. The van der Waals surface area contributed by atoms with Crippen LogP contribution in [0.15, 0.2) is 60.8 Å². The Kier molecular flexibility index (Phi) is 40.6. The van der Waals surface area contributed by atoms with Crippen LogP contribution in [0.1, 0.15) is 207 Å². The van der Waals surface area contributed by atoms with E-state index < -0.39 is 6.10 Å². The molecule has 0 bridgehead atoms. The molecule has 0 spiro atoms. The molecule has 0 amide bonds. The van der Waals surface area contributed by atoms with Gasteiger partial charge in [0.2, 0.25) is 0 Å². The lowest BCUT2D eigenvalue weighted by Gasteiger charge is -2.18. The first-order valence-electron chi connectivity index (χ1n) is 22.4. The van der Waals surface area contributed by atoms with Crippen LogP contribution in [-0.4, -0.2) is 37.2 Å². The second kappa shape index (κ2) is 42.8. The standard InChI is InChI=1S/C48H82O6/c1-4-7-10-13-16-19-20-21-22-23-24-25-26-27-30-32-35-38-41-47(50)53-44-45(54-48(51)42-39-36-33-29-18-15-12-9-6-3)43-52-46(49)40-37-34-31-28-17-14-11-8-5-2/h10,13,16,19-25,45H,4-9,11-12,14-15,17-18,26-44H2,1-3H3/b13-10-,19-16-,21-20-,23-22-,25-24-. The summed E-state index contributed by atoms with van der Waals surface area (Å²) in [4.78, 5) is 37.6. The molecule has 0 aliphatic heterocycles. The molecule has 6 heteroatoms. The number of allylic oxidation sites excluding steroid dienone is 10. The lowest BCUT2D eigenvalue weighted by Crippen LogP contribution is -2.30. The highest BCUT2D eigenvalue weighted by Crippen LogP contribution is 2.14. The minimum Gasteiger partial charge on any atom is -0.462 e. The van der Waals surface area contributed by atoms with Crippen molar-refractivity contribution < 1.29 is 28.6 Å². The molecule has 0 aliphatic carbocycles. The van der Waals surface area contributed by atoms with Gasteiger partial charge in [0.15, 0.2) is 6.10 Å². The van der Waals surface area contributed by atoms with Crippen molar-refractivity contribution in [2.24, 2.45) is 0 Å². The third-order valence-electron chi connectivity index (χ3n) is 9.38. The number of carbonyl (C=O) groups excluding carboxylic acids is 3. The summed E-state index contributed by atoms with van der Waals surface area (Å²) >= 11 is 0. The molecule has 0 saturated heterocycles. The van der Waals surface area contributed by atoms with Crippen LogP contribution in [0.4, 0.5) is 0 Å². The molecule has 0 fully saturated rings. The number of carbonyl (C=O) groups is 3. The maximum absolute atomic E-state index is 12.6. The van der Waals surface area contributed by atoms with Crippen LogP contribution in [0.25, 0.3) is 0 Å². The topological polar surface area (TPSA) is 78.9 Å². The predicted molar refractivity (Wildman–Crippen MR) is 228 cm³/mol. The third-order valence-corrected chi connectivity index (χ3v) is 9.38. The van der Waals surface area contributed by atoms with Gasteiger partial charge in [-0.1, -0.05) is 210 Å². The summed E-state index contributed by atoms with van der Waals surface area (Å²) in [6.45, 7) is 6.47. The van der Waals surface area contributed by atoms with Gasteiger partial charge in [0, 0.05) is 19.3 Å². The molecule has 0 aliphatic rings. The molecule has 0 radical (unpaired) electrons. The number of hydrogen-bond donors (Lipinski definition) is 0. The van der Waals surface area contributed by atoms with Crippen LogP contribution >= 0.6 is 0 Å².